The molecule has 0 saturated carbocycles. The molecule has 324 valence electrons. The van der Waals surface area contributed by atoms with Gasteiger partial charge in [-0.05, 0) is 76.7 Å². The second kappa shape index (κ2) is 37.2. The van der Waals surface area contributed by atoms with Gasteiger partial charge in [-0.1, -0.05) is 125 Å². The highest BCUT2D eigenvalue weighted by Gasteiger charge is 2.21. The van der Waals surface area contributed by atoms with Gasteiger partial charge in [0.1, 0.15) is 19.8 Å². The minimum Gasteiger partial charge on any atom is -0.756 e. The van der Waals surface area contributed by atoms with E-state index in [1.165, 1.54) is 0 Å². The molecule has 0 amide bonds. The fourth-order valence-corrected chi connectivity index (χ4v) is 5.75. The quantitative estimate of drug-likeness (QED) is 0.0114. The van der Waals surface area contributed by atoms with Crippen molar-refractivity contribution in [1.29, 1.82) is 0 Å². The summed E-state index contributed by atoms with van der Waals surface area (Å²) in [6, 6.07) is 0. The van der Waals surface area contributed by atoms with E-state index in [0.717, 1.165) is 83.5 Å². The molecule has 0 aliphatic carbocycles. The third kappa shape index (κ3) is 40.8. The second-order valence-corrected chi connectivity index (χ2v) is 16.4. The number of ketones is 1. The topological polar surface area (TPSA) is 128 Å². The van der Waals surface area contributed by atoms with Crippen molar-refractivity contribution in [2.24, 2.45) is 0 Å². The standard InChI is InChI=1S/C46H76NO9P/c1-6-8-10-11-12-13-14-15-16-17-20-24-27-30-34-38-46(50)56-44(42-55-57(51,52)54-40-39-47(3,4)5)41-53-45(49)37-33-29-26-23-21-18-19-22-25-28-32-36-43(48)35-31-9-7-2/h8,10,12-13,15-16,18-19,23,25-26,28,32,36,44H,6-7,9,11,14,17,20-22,24,27,29-31,33-35,37-42H2,1-5H3/b10-8-,13-12-,16-15-,19-18-,26-23-,28-25-,36-32+/t44-/m1/s1. The summed E-state index contributed by atoms with van der Waals surface area (Å²) in [5.74, 6) is -0.799. The molecular weight excluding hydrogens is 741 g/mol. The normalized spacial score (nSPS) is 14.4. The lowest BCUT2D eigenvalue weighted by molar-refractivity contribution is -0.870. The SMILES string of the molecule is CC/C=C\C/C=C\C/C=C\CCCCCCCC(=O)O[C@H](COC(=O)CCC/C=C\C/C=C\C/C=C\C=C\C(=O)CCCCC)COP(=O)([O-])OCC[N+](C)(C)C. The number of phosphoric ester groups is 1. The summed E-state index contributed by atoms with van der Waals surface area (Å²) in [4.78, 5) is 49.2. The van der Waals surface area contributed by atoms with Crippen molar-refractivity contribution in [2.75, 3.05) is 47.5 Å². The molecule has 0 fully saturated rings. The summed E-state index contributed by atoms with van der Waals surface area (Å²) < 4.78 is 33.7. The fourth-order valence-electron chi connectivity index (χ4n) is 5.03. The summed E-state index contributed by atoms with van der Waals surface area (Å²) in [5.41, 5.74) is 0. The van der Waals surface area contributed by atoms with Gasteiger partial charge in [0.15, 0.2) is 11.9 Å². The molecule has 10 nitrogen and oxygen atoms in total. The summed E-state index contributed by atoms with van der Waals surface area (Å²) in [6.07, 6.45) is 43.1. The highest BCUT2D eigenvalue weighted by molar-refractivity contribution is 7.45. The van der Waals surface area contributed by atoms with Gasteiger partial charge in [-0.15, -0.1) is 0 Å². The van der Waals surface area contributed by atoms with Crippen molar-refractivity contribution < 1.29 is 46.8 Å². The average molecular weight is 818 g/mol. The number of unbranched alkanes of at least 4 members (excludes halogenated alkanes) is 8. The summed E-state index contributed by atoms with van der Waals surface area (Å²) in [5, 5.41) is 0. The monoisotopic (exact) mass is 818 g/mol. The van der Waals surface area contributed by atoms with Crippen molar-refractivity contribution in [3.63, 3.8) is 0 Å². The molecule has 0 radical (unpaired) electrons. The molecule has 0 bridgehead atoms. The van der Waals surface area contributed by atoms with E-state index in [2.05, 4.69) is 62.5 Å². The zero-order valence-corrected chi connectivity index (χ0v) is 36.9. The van der Waals surface area contributed by atoms with Crippen molar-refractivity contribution in [3.8, 4) is 0 Å². The van der Waals surface area contributed by atoms with E-state index in [0.29, 0.717) is 36.7 Å². The smallest absolute Gasteiger partial charge is 0.306 e. The number of nitrogens with zero attached hydrogens (tertiary/aromatic N) is 1. The van der Waals surface area contributed by atoms with Crippen LogP contribution in [0.4, 0.5) is 0 Å². The van der Waals surface area contributed by atoms with Crippen LogP contribution in [0.5, 0.6) is 0 Å². The van der Waals surface area contributed by atoms with Crippen LogP contribution in [-0.2, 0) is 37.5 Å². The number of carbonyl (C=O) groups is 3. The van der Waals surface area contributed by atoms with Crippen molar-refractivity contribution in [2.45, 2.75) is 142 Å². The highest BCUT2D eigenvalue weighted by Crippen LogP contribution is 2.38. The molecule has 1 unspecified atom stereocenters. The van der Waals surface area contributed by atoms with E-state index in [-0.39, 0.29) is 31.8 Å². The predicted octanol–water partition coefficient (Wildman–Crippen LogP) is 10.6. The first kappa shape index (κ1) is 53.9. The van der Waals surface area contributed by atoms with Crippen LogP contribution in [0.25, 0.3) is 0 Å². The first-order chi connectivity index (χ1) is 27.4. The average Bonchev–Trinajstić information content (AvgIpc) is 3.15. The Kier molecular flexibility index (Phi) is 35.1. The van der Waals surface area contributed by atoms with Gasteiger partial charge in [-0.25, -0.2) is 0 Å². The predicted molar refractivity (Wildman–Crippen MR) is 231 cm³/mol. The number of esters is 2. The maximum atomic E-state index is 12.6. The highest BCUT2D eigenvalue weighted by atomic mass is 31.2. The Hall–Kier alpha value is -3.14. The first-order valence-electron chi connectivity index (χ1n) is 21.2. The molecule has 57 heavy (non-hydrogen) atoms. The van der Waals surface area contributed by atoms with Crippen LogP contribution in [0.15, 0.2) is 85.1 Å². The number of likely N-dealkylation sites (N-methyl/N-ethyl adjacent to an activating group) is 1. The Morgan fingerprint density at radius 2 is 1.18 bits per heavy atom. The molecule has 0 spiro atoms. The molecule has 0 aromatic heterocycles. The van der Waals surface area contributed by atoms with Crippen LogP contribution in [0.1, 0.15) is 136 Å². The Morgan fingerprint density at radius 3 is 1.82 bits per heavy atom. The lowest BCUT2D eigenvalue weighted by Gasteiger charge is -2.28. The van der Waals surface area contributed by atoms with Gasteiger partial charge in [0.2, 0.25) is 0 Å². The zero-order valence-electron chi connectivity index (χ0n) is 36.0. The third-order valence-corrected chi connectivity index (χ3v) is 9.34. The number of quaternary nitrogens is 1. The molecule has 0 heterocycles. The summed E-state index contributed by atoms with van der Waals surface area (Å²) in [7, 11) is 1.07. The van der Waals surface area contributed by atoms with E-state index < -0.39 is 32.5 Å². The Labute approximate surface area is 346 Å². The van der Waals surface area contributed by atoms with Crippen molar-refractivity contribution >= 4 is 25.5 Å². The van der Waals surface area contributed by atoms with E-state index in [9.17, 15) is 23.8 Å². The number of ether oxygens (including phenoxy) is 2. The lowest BCUT2D eigenvalue weighted by Crippen LogP contribution is -2.37. The van der Waals surface area contributed by atoms with Crippen LogP contribution < -0.4 is 4.89 Å². The fraction of sp³-hybridized carbons (Fsp3) is 0.630. The molecule has 0 saturated heterocycles. The number of carbonyl (C=O) groups excluding carboxylic acids is 3. The molecule has 0 rings (SSSR count). The zero-order chi connectivity index (χ0) is 42.3. The van der Waals surface area contributed by atoms with E-state index in [4.69, 9.17) is 18.5 Å². The number of hydrogen-bond acceptors (Lipinski definition) is 9. The molecule has 0 aromatic carbocycles. The maximum Gasteiger partial charge on any atom is 0.306 e. The molecule has 2 atom stereocenters. The Balaban J connectivity index is 4.56. The molecule has 0 aliphatic rings. The van der Waals surface area contributed by atoms with Gasteiger partial charge >= 0.3 is 11.9 Å². The molecular formula is C46H76NO9P. The first-order valence-corrected chi connectivity index (χ1v) is 22.7. The van der Waals surface area contributed by atoms with Gasteiger partial charge in [-0.2, -0.15) is 0 Å². The molecule has 0 N–H and O–H groups in total. The van der Waals surface area contributed by atoms with Gasteiger partial charge in [0, 0.05) is 19.3 Å². The number of hydrogen-bond donors (Lipinski definition) is 0. The molecule has 0 aliphatic heterocycles. The number of phosphoric acid groups is 1. The van der Waals surface area contributed by atoms with Crippen LogP contribution in [0, 0.1) is 0 Å². The number of rotatable bonds is 37. The van der Waals surface area contributed by atoms with E-state index in [1.807, 2.05) is 45.4 Å². The Morgan fingerprint density at radius 1 is 0.614 bits per heavy atom. The van der Waals surface area contributed by atoms with E-state index in [1.54, 1.807) is 12.2 Å². The third-order valence-electron chi connectivity index (χ3n) is 8.38. The summed E-state index contributed by atoms with van der Waals surface area (Å²) in [6.45, 7) is 3.82. The number of allylic oxidation sites excluding steroid dienone is 14. The van der Waals surface area contributed by atoms with Crippen LogP contribution >= 0.6 is 7.82 Å². The van der Waals surface area contributed by atoms with Gasteiger partial charge < -0.3 is 27.9 Å². The van der Waals surface area contributed by atoms with Crippen LogP contribution in [0.2, 0.25) is 0 Å². The van der Waals surface area contributed by atoms with Gasteiger partial charge in [-0.3, -0.25) is 18.9 Å². The second-order valence-electron chi connectivity index (χ2n) is 15.0. The maximum absolute atomic E-state index is 12.6. The molecule has 11 heteroatoms. The molecule has 0 aromatic rings. The largest absolute Gasteiger partial charge is 0.756 e. The van der Waals surface area contributed by atoms with Crippen LogP contribution in [0.3, 0.4) is 0 Å². The van der Waals surface area contributed by atoms with Gasteiger partial charge in [0.05, 0.1) is 27.7 Å². The Bertz CT molecular complexity index is 1310. The van der Waals surface area contributed by atoms with Crippen LogP contribution in [-0.4, -0.2) is 75.8 Å². The lowest BCUT2D eigenvalue weighted by atomic mass is 10.1. The van der Waals surface area contributed by atoms with Crippen molar-refractivity contribution in [1.82, 2.24) is 0 Å². The van der Waals surface area contributed by atoms with Crippen molar-refractivity contribution in [3.05, 3.63) is 85.1 Å². The minimum atomic E-state index is -4.66. The summed E-state index contributed by atoms with van der Waals surface area (Å²) >= 11 is 0. The minimum absolute atomic E-state index is 0.0577. The van der Waals surface area contributed by atoms with E-state index >= 15 is 0 Å². The van der Waals surface area contributed by atoms with Gasteiger partial charge in [0.25, 0.3) is 7.82 Å².